The first kappa shape index (κ1) is 7.79. The number of rotatable bonds is 2. The average Bonchev–Trinajstić information content (AvgIpc) is 1.93. The molecule has 0 radical (unpaired) electrons. The molecule has 58 valence electrons. The highest BCUT2D eigenvalue weighted by molar-refractivity contribution is 5.67. The van der Waals surface area contributed by atoms with Crippen LogP contribution in [-0.4, -0.2) is 5.97 Å². The second-order valence-corrected chi connectivity index (χ2v) is 2.53. The van der Waals surface area contributed by atoms with E-state index in [0.717, 1.165) is 11.1 Å². The van der Waals surface area contributed by atoms with Gasteiger partial charge in [-0.05, 0) is 12.5 Å². The molecule has 2 nitrogen and oxygen atoms in total. The summed E-state index contributed by atoms with van der Waals surface area (Å²) in [6, 6.07) is 7.37. The van der Waals surface area contributed by atoms with Crippen molar-refractivity contribution in [2.75, 3.05) is 0 Å². The number of benzene rings is 1. The summed E-state index contributed by atoms with van der Waals surface area (Å²) in [7, 11) is 0. The van der Waals surface area contributed by atoms with Gasteiger partial charge in [0.2, 0.25) is 0 Å². The van der Waals surface area contributed by atoms with Gasteiger partial charge in [-0.25, -0.2) is 0 Å². The minimum atomic E-state index is -1.03. The fraction of sp³-hybridized carbons (Fsp3) is 0.222. The number of hydrogen-bond donors (Lipinski definition) is 0. The summed E-state index contributed by atoms with van der Waals surface area (Å²) in [6.45, 7) is 1.96. The van der Waals surface area contributed by atoms with E-state index in [2.05, 4.69) is 0 Å². The second kappa shape index (κ2) is 3.19. The fourth-order valence-electron chi connectivity index (χ4n) is 0.873. The Bertz CT molecular complexity index is 249. The van der Waals surface area contributed by atoms with Crippen molar-refractivity contribution in [3.63, 3.8) is 0 Å². The van der Waals surface area contributed by atoms with Gasteiger partial charge in [-0.2, -0.15) is 0 Å². The molecule has 0 amide bonds. The van der Waals surface area contributed by atoms with Crippen LogP contribution < -0.4 is 5.11 Å². The number of carbonyl (C=O) groups excluding carboxylic acids is 1. The van der Waals surface area contributed by atoms with Crippen molar-refractivity contribution < 1.29 is 9.90 Å². The summed E-state index contributed by atoms with van der Waals surface area (Å²) in [4.78, 5) is 10.1. The molecule has 0 saturated heterocycles. The molecule has 0 N–H and O–H groups in total. The van der Waals surface area contributed by atoms with Crippen molar-refractivity contribution >= 4 is 5.97 Å². The molecule has 1 rings (SSSR count). The monoisotopic (exact) mass is 149 g/mol. The maximum absolute atomic E-state index is 10.1. The van der Waals surface area contributed by atoms with Gasteiger partial charge in [0, 0.05) is 12.4 Å². The molecule has 2 heteroatoms. The minimum absolute atomic E-state index is 0.000278. The summed E-state index contributed by atoms with van der Waals surface area (Å²) < 4.78 is 0. The molecule has 11 heavy (non-hydrogen) atoms. The molecule has 0 saturated carbocycles. The molecule has 0 heterocycles. The van der Waals surface area contributed by atoms with Crippen molar-refractivity contribution in [1.29, 1.82) is 0 Å². The van der Waals surface area contributed by atoms with Gasteiger partial charge in [0.05, 0.1) is 0 Å². The predicted molar refractivity (Wildman–Crippen MR) is 39.9 cm³/mol. The van der Waals surface area contributed by atoms with E-state index in [9.17, 15) is 9.90 Å². The highest BCUT2D eigenvalue weighted by Gasteiger charge is 1.91. The lowest BCUT2D eigenvalue weighted by Crippen LogP contribution is -2.24. The van der Waals surface area contributed by atoms with Crippen LogP contribution in [0.4, 0.5) is 0 Å². The Hall–Kier alpha value is -1.31. The van der Waals surface area contributed by atoms with Gasteiger partial charge in [-0.15, -0.1) is 0 Å². The van der Waals surface area contributed by atoms with Gasteiger partial charge in [0.15, 0.2) is 0 Å². The number of carboxylic acid groups (broad SMARTS) is 1. The quantitative estimate of drug-likeness (QED) is 0.606. The average molecular weight is 149 g/mol. The highest BCUT2D eigenvalue weighted by atomic mass is 16.4. The van der Waals surface area contributed by atoms with Gasteiger partial charge in [-0.3, -0.25) is 0 Å². The molecule has 0 spiro atoms. The van der Waals surface area contributed by atoms with E-state index in [4.69, 9.17) is 0 Å². The number of hydrogen-bond acceptors (Lipinski definition) is 2. The van der Waals surface area contributed by atoms with E-state index in [1.807, 2.05) is 19.1 Å². The summed E-state index contributed by atoms with van der Waals surface area (Å²) in [6.07, 6.45) is 0.000278. The highest BCUT2D eigenvalue weighted by Crippen LogP contribution is 2.02. The van der Waals surface area contributed by atoms with E-state index in [-0.39, 0.29) is 6.42 Å². The first-order chi connectivity index (χ1) is 5.18. The van der Waals surface area contributed by atoms with Crippen molar-refractivity contribution in [2.24, 2.45) is 0 Å². The Balaban J connectivity index is 2.74. The topological polar surface area (TPSA) is 40.1 Å². The Morgan fingerprint density at radius 3 is 2.36 bits per heavy atom. The maximum Gasteiger partial charge on any atom is 0.0458 e. The van der Waals surface area contributed by atoms with Crippen molar-refractivity contribution in [1.82, 2.24) is 0 Å². The number of aliphatic carboxylic acids is 1. The van der Waals surface area contributed by atoms with E-state index < -0.39 is 5.97 Å². The van der Waals surface area contributed by atoms with Crippen LogP contribution >= 0.6 is 0 Å². The third kappa shape index (κ3) is 2.42. The Labute approximate surface area is 65.5 Å². The lowest BCUT2D eigenvalue weighted by Gasteiger charge is -2.01. The van der Waals surface area contributed by atoms with Gasteiger partial charge < -0.3 is 9.90 Å². The van der Waals surface area contributed by atoms with Gasteiger partial charge >= 0.3 is 0 Å². The Morgan fingerprint density at radius 1 is 1.36 bits per heavy atom. The second-order valence-electron chi connectivity index (χ2n) is 2.53. The molecule has 1 aromatic carbocycles. The van der Waals surface area contributed by atoms with Crippen LogP contribution in [0, 0.1) is 6.92 Å². The molecule has 0 aliphatic rings. The molecular weight excluding hydrogens is 140 g/mol. The van der Waals surface area contributed by atoms with Crippen LogP contribution in [0.15, 0.2) is 24.3 Å². The SMILES string of the molecule is Cc1ccc(CC(=O)[O-])cc1. The first-order valence-electron chi connectivity index (χ1n) is 3.44. The smallest absolute Gasteiger partial charge is 0.0458 e. The summed E-state index contributed by atoms with van der Waals surface area (Å²) in [5.41, 5.74) is 1.92. The number of carbonyl (C=O) groups is 1. The van der Waals surface area contributed by atoms with Crippen LogP contribution in [0.25, 0.3) is 0 Å². The third-order valence-corrected chi connectivity index (χ3v) is 1.47. The standard InChI is InChI=1S/C9H10O2/c1-7-2-4-8(5-3-7)6-9(10)11/h2-5H,6H2,1H3,(H,10,11)/p-1. The Kier molecular flexibility index (Phi) is 2.26. The van der Waals surface area contributed by atoms with E-state index >= 15 is 0 Å². The number of aryl methyl sites for hydroxylation is 1. The van der Waals surface area contributed by atoms with Gasteiger partial charge in [0.25, 0.3) is 0 Å². The van der Waals surface area contributed by atoms with E-state index in [1.54, 1.807) is 12.1 Å². The molecule has 0 aliphatic heterocycles. The fourth-order valence-corrected chi connectivity index (χ4v) is 0.873. The van der Waals surface area contributed by atoms with Crippen LogP contribution in [0.3, 0.4) is 0 Å². The van der Waals surface area contributed by atoms with Crippen molar-refractivity contribution in [3.05, 3.63) is 35.4 Å². The summed E-state index contributed by atoms with van der Waals surface area (Å²) in [5, 5.41) is 10.1. The molecule has 0 unspecified atom stereocenters. The normalized spacial score (nSPS) is 9.55. The predicted octanol–water partition coefficient (Wildman–Crippen LogP) is 0.287. The first-order valence-corrected chi connectivity index (χ1v) is 3.44. The lowest BCUT2D eigenvalue weighted by molar-refractivity contribution is -0.304. The van der Waals surface area contributed by atoms with Crippen LogP contribution in [-0.2, 0) is 11.2 Å². The Morgan fingerprint density at radius 2 is 1.91 bits per heavy atom. The third-order valence-electron chi connectivity index (χ3n) is 1.47. The molecular formula is C9H9O2-. The van der Waals surface area contributed by atoms with Crippen LogP contribution in [0.2, 0.25) is 0 Å². The van der Waals surface area contributed by atoms with E-state index in [0.29, 0.717) is 0 Å². The van der Waals surface area contributed by atoms with Crippen LogP contribution in [0.5, 0.6) is 0 Å². The van der Waals surface area contributed by atoms with E-state index in [1.165, 1.54) is 0 Å². The summed E-state index contributed by atoms with van der Waals surface area (Å²) >= 11 is 0. The zero-order valence-electron chi connectivity index (χ0n) is 6.33. The van der Waals surface area contributed by atoms with Crippen molar-refractivity contribution in [2.45, 2.75) is 13.3 Å². The van der Waals surface area contributed by atoms with Crippen LogP contribution in [0.1, 0.15) is 11.1 Å². The molecule has 0 atom stereocenters. The minimum Gasteiger partial charge on any atom is -0.550 e. The number of carboxylic acids is 1. The maximum atomic E-state index is 10.1. The molecule has 0 aromatic heterocycles. The van der Waals surface area contributed by atoms with Gasteiger partial charge in [0.1, 0.15) is 0 Å². The van der Waals surface area contributed by atoms with Crippen molar-refractivity contribution in [3.8, 4) is 0 Å². The lowest BCUT2D eigenvalue weighted by atomic mass is 10.1. The molecule has 0 fully saturated rings. The zero-order valence-corrected chi connectivity index (χ0v) is 6.33. The molecule has 0 aliphatic carbocycles. The zero-order chi connectivity index (χ0) is 8.27. The van der Waals surface area contributed by atoms with Gasteiger partial charge in [-0.1, -0.05) is 29.8 Å². The molecule has 0 bridgehead atoms. The largest absolute Gasteiger partial charge is 0.550 e. The summed E-state index contributed by atoms with van der Waals surface area (Å²) in [5.74, 6) is -1.03. The molecule has 1 aromatic rings.